The zero-order chi connectivity index (χ0) is 13.3. The van der Waals surface area contributed by atoms with Gasteiger partial charge in [0.2, 0.25) is 5.91 Å². The highest BCUT2D eigenvalue weighted by molar-refractivity contribution is 5.79. The Balaban J connectivity index is 2.10. The Bertz CT molecular complexity index is 442. The summed E-state index contributed by atoms with van der Waals surface area (Å²) >= 11 is 0. The lowest BCUT2D eigenvalue weighted by Gasteiger charge is -2.13. The third-order valence-corrected chi connectivity index (χ3v) is 2.95. The number of ether oxygens (including phenoxy) is 1. The van der Waals surface area contributed by atoms with E-state index in [1.165, 1.54) is 12.1 Å². The minimum absolute atomic E-state index is 0.357. The predicted molar refractivity (Wildman–Crippen MR) is 57.5 cm³/mol. The summed E-state index contributed by atoms with van der Waals surface area (Å²) in [6.45, 7) is 0. The molecule has 1 saturated heterocycles. The fourth-order valence-corrected chi connectivity index (χ4v) is 1.98. The zero-order valence-electron chi connectivity index (χ0n) is 9.41. The van der Waals surface area contributed by atoms with Crippen LogP contribution < -0.4 is 5.73 Å². The van der Waals surface area contributed by atoms with E-state index in [4.69, 9.17) is 10.5 Å². The fourth-order valence-electron chi connectivity index (χ4n) is 1.98. The van der Waals surface area contributed by atoms with E-state index >= 15 is 0 Å². The largest absolute Gasteiger partial charge is 0.416 e. The number of primary amides is 1. The van der Waals surface area contributed by atoms with E-state index in [-0.39, 0.29) is 6.10 Å². The summed E-state index contributed by atoms with van der Waals surface area (Å²) in [5, 5.41) is 0. The molecule has 2 N–H and O–H groups in total. The van der Waals surface area contributed by atoms with E-state index in [2.05, 4.69) is 0 Å². The van der Waals surface area contributed by atoms with E-state index in [0.717, 1.165) is 12.1 Å². The van der Waals surface area contributed by atoms with Gasteiger partial charge in [0.15, 0.2) is 0 Å². The summed E-state index contributed by atoms with van der Waals surface area (Å²) in [5.41, 5.74) is 5.04. The average Bonchev–Trinajstić information content (AvgIpc) is 2.77. The van der Waals surface area contributed by atoms with Gasteiger partial charge in [-0.15, -0.1) is 0 Å². The van der Waals surface area contributed by atoms with Crippen LogP contribution in [0.3, 0.4) is 0 Å². The summed E-state index contributed by atoms with van der Waals surface area (Å²) in [5.74, 6) is -0.538. The molecule has 18 heavy (non-hydrogen) atoms. The second-order valence-corrected chi connectivity index (χ2v) is 4.21. The van der Waals surface area contributed by atoms with Crippen molar-refractivity contribution in [3.05, 3.63) is 35.4 Å². The monoisotopic (exact) mass is 259 g/mol. The first-order chi connectivity index (χ1) is 8.38. The van der Waals surface area contributed by atoms with Gasteiger partial charge >= 0.3 is 6.18 Å². The maximum absolute atomic E-state index is 12.4. The van der Waals surface area contributed by atoms with Crippen molar-refractivity contribution in [3.63, 3.8) is 0 Å². The Labute approximate surface area is 102 Å². The number of nitrogens with two attached hydrogens (primary N) is 1. The molecule has 0 aliphatic carbocycles. The van der Waals surface area contributed by atoms with Crippen LogP contribution >= 0.6 is 0 Å². The first-order valence-electron chi connectivity index (χ1n) is 5.50. The normalized spacial score (nSPS) is 24.2. The van der Waals surface area contributed by atoms with Gasteiger partial charge in [0.25, 0.3) is 0 Å². The van der Waals surface area contributed by atoms with Crippen LogP contribution in [-0.4, -0.2) is 12.0 Å². The lowest BCUT2D eigenvalue weighted by molar-refractivity contribution is -0.137. The topological polar surface area (TPSA) is 52.3 Å². The highest BCUT2D eigenvalue weighted by Crippen LogP contribution is 2.35. The van der Waals surface area contributed by atoms with Crippen molar-refractivity contribution in [2.75, 3.05) is 0 Å². The van der Waals surface area contributed by atoms with Crippen LogP contribution in [-0.2, 0) is 15.7 Å². The lowest BCUT2D eigenvalue weighted by Crippen LogP contribution is -2.27. The molecule has 0 aromatic heterocycles. The zero-order valence-corrected chi connectivity index (χ0v) is 9.41. The number of benzene rings is 1. The molecule has 98 valence electrons. The number of rotatable bonds is 2. The molecule has 1 fully saturated rings. The molecule has 1 aliphatic rings. The Morgan fingerprint density at radius 1 is 1.22 bits per heavy atom. The van der Waals surface area contributed by atoms with Crippen LogP contribution in [0.15, 0.2) is 24.3 Å². The second-order valence-electron chi connectivity index (χ2n) is 4.21. The van der Waals surface area contributed by atoms with E-state index in [0.29, 0.717) is 18.4 Å². The van der Waals surface area contributed by atoms with Crippen molar-refractivity contribution in [2.45, 2.75) is 31.2 Å². The third kappa shape index (κ3) is 2.64. The number of halogens is 3. The summed E-state index contributed by atoms with van der Waals surface area (Å²) in [4.78, 5) is 10.9. The second kappa shape index (κ2) is 4.61. The molecule has 3 nitrogen and oxygen atoms in total. The number of carbonyl (C=O) groups excluding carboxylic acids is 1. The molecule has 6 heteroatoms. The summed E-state index contributed by atoms with van der Waals surface area (Å²) in [6, 6.07) is 4.76. The van der Waals surface area contributed by atoms with Crippen LogP contribution in [0.25, 0.3) is 0 Å². The van der Waals surface area contributed by atoms with Crippen LogP contribution in [0.4, 0.5) is 13.2 Å². The number of amides is 1. The Kier molecular flexibility index (Phi) is 3.30. The first-order valence-corrected chi connectivity index (χ1v) is 5.50. The molecule has 2 rings (SSSR count). The molecule has 0 bridgehead atoms. The van der Waals surface area contributed by atoms with E-state index in [1.54, 1.807) is 0 Å². The van der Waals surface area contributed by atoms with Gasteiger partial charge in [0, 0.05) is 0 Å². The average molecular weight is 259 g/mol. The van der Waals surface area contributed by atoms with Crippen molar-refractivity contribution in [2.24, 2.45) is 5.73 Å². The van der Waals surface area contributed by atoms with Gasteiger partial charge < -0.3 is 10.5 Å². The van der Waals surface area contributed by atoms with E-state index in [9.17, 15) is 18.0 Å². The van der Waals surface area contributed by atoms with Gasteiger partial charge in [-0.3, -0.25) is 4.79 Å². The van der Waals surface area contributed by atoms with Gasteiger partial charge in [0.1, 0.15) is 6.10 Å². The molecule has 1 aromatic rings. The molecule has 0 unspecified atom stereocenters. The van der Waals surface area contributed by atoms with Crippen LogP contribution in [0.2, 0.25) is 0 Å². The summed E-state index contributed by atoms with van der Waals surface area (Å²) < 4.78 is 42.5. The highest BCUT2D eigenvalue weighted by atomic mass is 19.4. The third-order valence-electron chi connectivity index (χ3n) is 2.95. The van der Waals surface area contributed by atoms with Crippen LogP contribution in [0.1, 0.15) is 30.1 Å². The van der Waals surface area contributed by atoms with Crippen molar-refractivity contribution in [3.8, 4) is 0 Å². The molecule has 1 heterocycles. The van der Waals surface area contributed by atoms with Gasteiger partial charge in [-0.2, -0.15) is 13.2 Å². The van der Waals surface area contributed by atoms with Crippen molar-refractivity contribution in [1.82, 2.24) is 0 Å². The van der Waals surface area contributed by atoms with Gasteiger partial charge in [-0.25, -0.2) is 0 Å². The summed E-state index contributed by atoms with van der Waals surface area (Å²) in [6.07, 6.45) is -4.26. The smallest absolute Gasteiger partial charge is 0.367 e. The standard InChI is InChI=1S/C12H12F3NO2/c13-12(14,15)8-3-1-7(2-4-8)9-5-6-10(18-9)11(16)17/h1-4,9-10H,5-6H2,(H2,16,17)/t9-,10+/m0/s1. The lowest BCUT2D eigenvalue weighted by atomic mass is 10.0. The molecule has 0 radical (unpaired) electrons. The molecule has 1 aromatic carbocycles. The number of carbonyl (C=O) groups is 1. The van der Waals surface area contributed by atoms with E-state index < -0.39 is 23.8 Å². The quantitative estimate of drug-likeness (QED) is 0.886. The molecular formula is C12H12F3NO2. The van der Waals surface area contributed by atoms with Gasteiger partial charge in [-0.1, -0.05) is 12.1 Å². The molecule has 0 saturated carbocycles. The van der Waals surface area contributed by atoms with E-state index in [1.807, 2.05) is 0 Å². The fraction of sp³-hybridized carbons (Fsp3) is 0.417. The maximum Gasteiger partial charge on any atom is 0.416 e. The SMILES string of the molecule is NC(=O)[C@H]1CC[C@@H](c2ccc(C(F)(F)F)cc2)O1. The maximum atomic E-state index is 12.4. The molecule has 2 atom stereocenters. The van der Waals surface area contributed by atoms with Crippen molar-refractivity contribution < 1.29 is 22.7 Å². The Hall–Kier alpha value is -1.56. The highest BCUT2D eigenvalue weighted by Gasteiger charge is 2.32. The van der Waals surface area contributed by atoms with Gasteiger partial charge in [0.05, 0.1) is 11.7 Å². The first kappa shape index (κ1) is 12.9. The van der Waals surface area contributed by atoms with Crippen LogP contribution in [0.5, 0.6) is 0 Å². The minimum Gasteiger partial charge on any atom is -0.367 e. The van der Waals surface area contributed by atoms with Crippen molar-refractivity contribution >= 4 is 5.91 Å². The number of hydrogen-bond donors (Lipinski definition) is 1. The molecular weight excluding hydrogens is 247 g/mol. The molecule has 0 spiro atoms. The Morgan fingerprint density at radius 2 is 1.83 bits per heavy atom. The van der Waals surface area contributed by atoms with Gasteiger partial charge in [-0.05, 0) is 30.5 Å². The predicted octanol–water partition coefficient (Wildman–Crippen LogP) is 2.41. The van der Waals surface area contributed by atoms with Crippen molar-refractivity contribution in [1.29, 1.82) is 0 Å². The molecule has 1 aliphatic heterocycles. The minimum atomic E-state index is -4.34. The van der Waals surface area contributed by atoms with Crippen LogP contribution in [0, 0.1) is 0 Å². The Morgan fingerprint density at radius 3 is 2.28 bits per heavy atom. The summed E-state index contributed by atoms with van der Waals surface area (Å²) in [7, 11) is 0. The number of alkyl halides is 3. The number of hydrogen-bond acceptors (Lipinski definition) is 2. The molecule has 1 amide bonds.